The lowest BCUT2D eigenvalue weighted by molar-refractivity contribution is -0.128. The molecule has 0 bridgehead atoms. The average Bonchev–Trinajstić information content (AvgIpc) is 3.22. The van der Waals surface area contributed by atoms with Crippen molar-refractivity contribution in [1.82, 2.24) is 20.4 Å². The van der Waals surface area contributed by atoms with E-state index in [0.717, 1.165) is 37.9 Å². The quantitative estimate of drug-likeness (QED) is 0.845. The van der Waals surface area contributed by atoms with Crippen LogP contribution in [0.25, 0.3) is 0 Å². The number of hydrogen-bond donors (Lipinski definition) is 2. The molecular weight excluding hydrogens is 348 g/mol. The second-order valence-corrected chi connectivity index (χ2v) is 7.60. The first-order valence-electron chi connectivity index (χ1n) is 9.20. The Kier molecular flexibility index (Phi) is 5.68. The highest BCUT2D eigenvalue weighted by molar-refractivity contribution is 5.85. The number of nitrogens with zero attached hydrogens (tertiary/aromatic N) is 2. The number of amides is 1. The van der Waals surface area contributed by atoms with E-state index in [9.17, 15) is 4.79 Å². The molecule has 1 saturated carbocycles. The number of aromatic nitrogens is 2. The van der Waals surface area contributed by atoms with Gasteiger partial charge in [0.15, 0.2) is 0 Å². The number of hydrogen-bond acceptors (Lipinski definition) is 3. The summed E-state index contributed by atoms with van der Waals surface area (Å²) in [5.41, 5.74) is 2.40. The molecule has 6 heteroatoms. The van der Waals surface area contributed by atoms with Gasteiger partial charge in [-0.1, -0.05) is 30.3 Å². The van der Waals surface area contributed by atoms with E-state index < -0.39 is 0 Å². The van der Waals surface area contributed by atoms with E-state index in [1.165, 1.54) is 12.0 Å². The van der Waals surface area contributed by atoms with Crippen molar-refractivity contribution in [1.29, 1.82) is 0 Å². The lowest BCUT2D eigenvalue weighted by atomic mass is 9.72. The molecule has 2 aromatic rings. The molecule has 2 atom stereocenters. The number of carbonyl (C=O) groups is 1. The van der Waals surface area contributed by atoms with Crippen LogP contribution in [0.15, 0.2) is 42.7 Å². The van der Waals surface area contributed by atoms with Crippen LogP contribution in [0.4, 0.5) is 0 Å². The van der Waals surface area contributed by atoms with Crippen molar-refractivity contribution in [2.24, 2.45) is 13.0 Å². The van der Waals surface area contributed by atoms with Crippen LogP contribution in [0.1, 0.15) is 36.3 Å². The van der Waals surface area contributed by atoms with E-state index >= 15 is 0 Å². The molecular formula is C20H27ClN4O. The van der Waals surface area contributed by atoms with Crippen molar-refractivity contribution in [2.75, 3.05) is 13.1 Å². The molecule has 2 fully saturated rings. The van der Waals surface area contributed by atoms with Crippen molar-refractivity contribution in [3.63, 3.8) is 0 Å². The summed E-state index contributed by atoms with van der Waals surface area (Å²) in [6.45, 7) is 1.59. The first-order chi connectivity index (χ1) is 12.2. The van der Waals surface area contributed by atoms with Gasteiger partial charge in [0.05, 0.1) is 12.1 Å². The van der Waals surface area contributed by atoms with Crippen molar-refractivity contribution in [3.05, 3.63) is 53.9 Å². The summed E-state index contributed by atoms with van der Waals surface area (Å²) in [7, 11) is 1.92. The van der Waals surface area contributed by atoms with Gasteiger partial charge >= 0.3 is 0 Å². The number of halogens is 1. The molecule has 1 saturated heterocycles. The first-order valence-corrected chi connectivity index (χ1v) is 9.20. The number of rotatable bonds is 5. The Morgan fingerprint density at radius 1 is 1.31 bits per heavy atom. The van der Waals surface area contributed by atoms with Gasteiger partial charge in [0, 0.05) is 37.8 Å². The van der Waals surface area contributed by atoms with Gasteiger partial charge in [-0.2, -0.15) is 5.10 Å². The van der Waals surface area contributed by atoms with E-state index in [1.54, 1.807) is 0 Å². The monoisotopic (exact) mass is 374 g/mol. The molecule has 1 aromatic carbocycles. The summed E-state index contributed by atoms with van der Waals surface area (Å²) in [5.74, 6) is 0.384. The van der Waals surface area contributed by atoms with E-state index in [1.807, 2.05) is 30.2 Å². The standard InChI is InChI=1S/C20H26N4O.ClH/c1-24-14-16(11-22-24)17-12-21-13-18(17)19(25)23-20(8-5-9-20)10-15-6-3-2-4-7-15;/h2-4,6-7,11,14,17-18,21H,5,8-10,12-13H2,1H3,(H,23,25);1H/t17-,18+;/m1./s1. The van der Waals surface area contributed by atoms with E-state index in [-0.39, 0.29) is 35.7 Å². The van der Waals surface area contributed by atoms with Gasteiger partial charge in [-0.15, -0.1) is 12.4 Å². The number of aryl methyl sites for hydroxylation is 1. The van der Waals surface area contributed by atoms with Crippen LogP contribution in [-0.4, -0.2) is 34.3 Å². The molecule has 140 valence electrons. The smallest absolute Gasteiger partial charge is 0.225 e. The molecule has 1 aromatic heterocycles. The Morgan fingerprint density at radius 2 is 2.08 bits per heavy atom. The Bertz CT molecular complexity index is 741. The maximum Gasteiger partial charge on any atom is 0.225 e. The van der Waals surface area contributed by atoms with Crippen LogP contribution in [0.3, 0.4) is 0 Å². The molecule has 4 rings (SSSR count). The fourth-order valence-electron chi connectivity index (χ4n) is 4.23. The molecule has 1 amide bonds. The molecule has 0 spiro atoms. The summed E-state index contributed by atoms with van der Waals surface area (Å²) < 4.78 is 1.81. The third-order valence-corrected chi connectivity index (χ3v) is 5.79. The van der Waals surface area contributed by atoms with Gasteiger partial charge in [0.1, 0.15) is 0 Å². The van der Waals surface area contributed by atoms with Crippen LogP contribution < -0.4 is 10.6 Å². The van der Waals surface area contributed by atoms with Gasteiger partial charge in [-0.3, -0.25) is 9.48 Å². The maximum atomic E-state index is 13.1. The first kappa shape index (κ1) is 18.9. The van der Waals surface area contributed by atoms with E-state index in [0.29, 0.717) is 0 Å². The number of benzene rings is 1. The minimum absolute atomic E-state index is 0. The fourth-order valence-corrected chi connectivity index (χ4v) is 4.23. The third kappa shape index (κ3) is 3.79. The molecule has 2 heterocycles. The van der Waals surface area contributed by atoms with Crippen molar-refractivity contribution < 1.29 is 4.79 Å². The maximum absolute atomic E-state index is 13.1. The summed E-state index contributed by atoms with van der Waals surface area (Å²) >= 11 is 0. The Balaban J connectivity index is 0.00000196. The second kappa shape index (κ2) is 7.80. The summed E-state index contributed by atoms with van der Waals surface area (Å²) in [4.78, 5) is 13.1. The highest BCUT2D eigenvalue weighted by Gasteiger charge is 2.42. The third-order valence-electron chi connectivity index (χ3n) is 5.79. The predicted octanol–water partition coefficient (Wildman–Crippen LogP) is 2.43. The van der Waals surface area contributed by atoms with Crippen LogP contribution in [0, 0.1) is 5.92 Å². The zero-order valence-corrected chi connectivity index (χ0v) is 16.0. The lowest BCUT2D eigenvalue weighted by Gasteiger charge is -2.43. The molecule has 0 radical (unpaired) electrons. The molecule has 1 aliphatic heterocycles. The lowest BCUT2D eigenvalue weighted by Crippen LogP contribution is -2.57. The Morgan fingerprint density at radius 3 is 2.69 bits per heavy atom. The topological polar surface area (TPSA) is 59.0 Å². The van der Waals surface area contributed by atoms with Crippen LogP contribution in [0.2, 0.25) is 0 Å². The number of carbonyl (C=O) groups excluding carboxylic acids is 1. The zero-order valence-electron chi connectivity index (χ0n) is 15.1. The second-order valence-electron chi connectivity index (χ2n) is 7.60. The van der Waals surface area contributed by atoms with Crippen LogP contribution in [0.5, 0.6) is 0 Å². The van der Waals surface area contributed by atoms with Crippen molar-refractivity contribution in [3.8, 4) is 0 Å². The summed E-state index contributed by atoms with van der Waals surface area (Å²) in [6.07, 6.45) is 8.19. The van der Waals surface area contributed by atoms with Crippen molar-refractivity contribution >= 4 is 18.3 Å². The molecule has 0 unspecified atom stereocenters. The molecule has 1 aliphatic carbocycles. The van der Waals surface area contributed by atoms with Gasteiger partial charge in [-0.25, -0.2) is 0 Å². The minimum Gasteiger partial charge on any atom is -0.350 e. The predicted molar refractivity (Wildman–Crippen MR) is 104 cm³/mol. The van der Waals surface area contributed by atoms with Crippen LogP contribution in [-0.2, 0) is 18.3 Å². The van der Waals surface area contributed by atoms with Gasteiger partial charge in [0.2, 0.25) is 5.91 Å². The SMILES string of the molecule is Cl.Cn1cc([C@H]2CNC[C@@H]2C(=O)NC2(Cc3ccccc3)CCC2)cn1. The van der Waals surface area contributed by atoms with Crippen LogP contribution >= 0.6 is 12.4 Å². The zero-order chi connectivity index (χ0) is 17.3. The summed E-state index contributed by atoms with van der Waals surface area (Å²) in [6, 6.07) is 10.5. The highest BCUT2D eigenvalue weighted by atomic mass is 35.5. The average molecular weight is 375 g/mol. The molecule has 2 N–H and O–H groups in total. The minimum atomic E-state index is -0.0550. The molecule has 2 aliphatic rings. The fraction of sp³-hybridized carbons (Fsp3) is 0.500. The highest BCUT2D eigenvalue weighted by Crippen LogP contribution is 2.36. The largest absolute Gasteiger partial charge is 0.350 e. The van der Waals surface area contributed by atoms with Crippen molar-refractivity contribution in [2.45, 2.75) is 37.1 Å². The molecule has 26 heavy (non-hydrogen) atoms. The Hall–Kier alpha value is -1.85. The van der Waals surface area contributed by atoms with Gasteiger partial charge in [-0.05, 0) is 36.8 Å². The summed E-state index contributed by atoms with van der Waals surface area (Å²) in [5, 5.41) is 11.1. The van der Waals surface area contributed by atoms with E-state index in [4.69, 9.17) is 0 Å². The van der Waals surface area contributed by atoms with Gasteiger partial charge < -0.3 is 10.6 Å². The molecule has 5 nitrogen and oxygen atoms in total. The van der Waals surface area contributed by atoms with E-state index in [2.05, 4.69) is 40.0 Å². The number of nitrogens with one attached hydrogen (secondary N) is 2. The van der Waals surface area contributed by atoms with Gasteiger partial charge in [0.25, 0.3) is 0 Å². The Labute approximate surface area is 161 Å². The normalized spacial score (nSPS) is 23.7.